The fourth-order valence-electron chi connectivity index (χ4n) is 2.24. The van der Waals surface area contributed by atoms with Crippen molar-refractivity contribution in [1.82, 2.24) is 0 Å². The van der Waals surface area contributed by atoms with Crippen molar-refractivity contribution in [2.24, 2.45) is 5.73 Å². The standard InChI is InChI=1S/C18H22ClN3O2.2ClH/c1-24-15(11-20)10-18(23)22-17-9-14(19)7-8-16(17)21-12-13-5-3-2-4-6-13;;/h2-9,15,21H,10-12,20H2,1H3,(H,22,23);2*1H. The summed E-state index contributed by atoms with van der Waals surface area (Å²) >= 11 is 6.05. The largest absolute Gasteiger partial charge is 0.380 e. The molecule has 0 aliphatic carbocycles. The smallest absolute Gasteiger partial charge is 0.227 e. The van der Waals surface area contributed by atoms with Crippen molar-refractivity contribution in [2.75, 3.05) is 24.3 Å². The van der Waals surface area contributed by atoms with Gasteiger partial charge in [-0.2, -0.15) is 0 Å². The minimum absolute atomic E-state index is 0. The van der Waals surface area contributed by atoms with Gasteiger partial charge in [-0.25, -0.2) is 0 Å². The molecule has 0 fully saturated rings. The maximum absolute atomic E-state index is 12.2. The number of nitrogens with one attached hydrogen (secondary N) is 2. The molecule has 0 saturated carbocycles. The van der Waals surface area contributed by atoms with Crippen LogP contribution in [0.2, 0.25) is 5.02 Å². The Morgan fingerprint density at radius 3 is 2.46 bits per heavy atom. The zero-order valence-corrected chi connectivity index (χ0v) is 16.8. The van der Waals surface area contributed by atoms with Gasteiger partial charge in [0.15, 0.2) is 0 Å². The van der Waals surface area contributed by atoms with Crippen molar-refractivity contribution in [3.8, 4) is 0 Å². The number of nitrogens with two attached hydrogens (primary N) is 1. The number of carbonyl (C=O) groups is 1. The van der Waals surface area contributed by atoms with Crippen molar-refractivity contribution in [3.05, 3.63) is 59.1 Å². The topological polar surface area (TPSA) is 76.4 Å². The molecule has 0 aromatic heterocycles. The monoisotopic (exact) mass is 419 g/mol. The molecule has 0 aliphatic rings. The molecule has 144 valence electrons. The van der Waals surface area contributed by atoms with E-state index in [1.54, 1.807) is 12.1 Å². The number of methoxy groups -OCH3 is 1. The average molecular weight is 421 g/mol. The Labute approximate surface area is 171 Å². The molecule has 0 heterocycles. The summed E-state index contributed by atoms with van der Waals surface area (Å²) in [4.78, 5) is 12.2. The number of amides is 1. The van der Waals surface area contributed by atoms with E-state index in [1.807, 2.05) is 36.4 Å². The lowest BCUT2D eigenvalue weighted by Gasteiger charge is -2.16. The van der Waals surface area contributed by atoms with Gasteiger partial charge in [-0.15, -0.1) is 24.8 Å². The first kappa shape index (κ1) is 24.5. The first-order valence-electron chi connectivity index (χ1n) is 7.72. The number of rotatable bonds is 8. The third-order valence-corrected chi connectivity index (χ3v) is 3.83. The van der Waals surface area contributed by atoms with Crippen LogP contribution >= 0.6 is 36.4 Å². The van der Waals surface area contributed by atoms with Crippen LogP contribution in [0.15, 0.2) is 48.5 Å². The Balaban J connectivity index is 0.00000312. The number of hydrogen-bond acceptors (Lipinski definition) is 4. The molecule has 1 unspecified atom stereocenters. The van der Waals surface area contributed by atoms with E-state index in [4.69, 9.17) is 22.1 Å². The van der Waals surface area contributed by atoms with Crippen molar-refractivity contribution in [3.63, 3.8) is 0 Å². The zero-order chi connectivity index (χ0) is 17.4. The first-order valence-corrected chi connectivity index (χ1v) is 8.10. The molecule has 0 radical (unpaired) electrons. The highest BCUT2D eigenvalue weighted by Gasteiger charge is 2.13. The van der Waals surface area contributed by atoms with Crippen LogP contribution in [-0.2, 0) is 16.1 Å². The van der Waals surface area contributed by atoms with Gasteiger partial charge in [-0.05, 0) is 23.8 Å². The highest BCUT2D eigenvalue weighted by atomic mass is 35.5. The molecule has 1 amide bonds. The molecule has 5 nitrogen and oxygen atoms in total. The second-order valence-corrected chi connectivity index (χ2v) is 5.81. The van der Waals surface area contributed by atoms with E-state index in [2.05, 4.69) is 10.6 Å². The number of halogens is 3. The molecule has 2 aromatic carbocycles. The normalized spacial score (nSPS) is 10.9. The molecular weight excluding hydrogens is 397 g/mol. The summed E-state index contributed by atoms with van der Waals surface area (Å²) in [6.45, 7) is 0.938. The first-order chi connectivity index (χ1) is 11.6. The number of hydrogen-bond donors (Lipinski definition) is 3. The van der Waals surface area contributed by atoms with Crippen molar-refractivity contribution in [1.29, 1.82) is 0 Å². The fraction of sp³-hybridized carbons (Fsp3) is 0.278. The zero-order valence-electron chi connectivity index (χ0n) is 14.4. The van der Waals surface area contributed by atoms with Crippen molar-refractivity contribution >= 4 is 53.7 Å². The molecule has 4 N–H and O–H groups in total. The second-order valence-electron chi connectivity index (χ2n) is 5.37. The predicted molar refractivity (Wildman–Crippen MR) is 113 cm³/mol. The Bertz CT molecular complexity index is 668. The summed E-state index contributed by atoms with van der Waals surface area (Å²) in [6, 6.07) is 15.4. The van der Waals surface area contributed by atoms with Crippen molar-refractivity contribution in [2.45, 2.75) is 19.1 Å². The lowest BCUT2D eigenvalue weighted by molar-refractivity contribution is -0.118. The van der Waals surface area contributed by atoms with Crippen LogP contribution in [0.5, 0.6) is 0 Å². The summed E-state index contributed by atoms with van der Waals surface area (Å²) in [7, 11) is 1.54. The van der Waals surface area contributed by atoms with E-state index >= 15 is 0 Å². The maximum atomic E-state index is 12.2. The van der Waals surface area contributed by atoms with Crippen LogP contribution < -0.4 is 16.4 Å². The number of carbonyl (C=O) groups excluding carboxylic acids is 1. The summed E-state index contributed by atoms with van der Waals surface area (Å²) in [5, 5.41) is 6.73. The molecule has 0 aliphatic heterocycles. The van der Waals surface area contributed by atoms with Crippen LogP contribution in [0.1, 0.15) is 12.0 Å². The summed E-state index contributed by atoms with van der Waals surface area (Å²) in [5.74, 6) is -0.169. The van der Waals surface area contributed by atoms with Gasteiger partial charge in [-0.3, -0.25) is 4.79 Å². The number of benzene rings is 2. The Hall–Kier alpha value is -1.50. The molecule has 2 aromatic rings. The molecule has 0 bridgehead atoms. The van der Waals surface area contributed by atoms with Gasteiger partial charge < -0.3 is 21.1 Å². The third kappa shape index (κ3) is 7.81. The minimum atomic E-state index is -0.301. The molecular formula is C18H24Cl3N3O2. The van der Waals surface area contributed by atoms with Crippen LogP contribution in [0.25, 0.3) is 0 Å². The molecule has 0 saturated heterocycles. The molecule has 8 heteroatoms. The van der Waals surface area contributed by atoms with Crippen LogP contribution in [0.3, 0.4) is 0 Å². The van der Waals surface area contributed by atoms with Gasteiger partial charge >= 0.3 is 0 Å². The Kier molecular flexibility index (Phi) is 12.1. The van der Waals surface area contributed by atoms with Gasteiger partial charge in [0, 0.05) is 25.2 Å². The molecule has 1 atom stereocenters. The summed E-state index contributed by atoms with van der Waals surface area (Å²) < 4.78 is 5.14. The van der Waals surface area contributed by atoms with E-state index in [1.165, 1.54) is 7.11 Å². The maximum Gasteiger partial charge on any atom is 0.227 e. The van der Waals surface area contributed by atoms with Gasteiger partial charge in [-0.1, -0.05) is 41.9 Å². The van der Waals surface area contributed by atoms with E-state index < -0.39 is 0 Å². The van der Waals surface area contributed by atoms with E-state index in [-0.39, 0.29) is 43.2 Å². The predicted octanol–water partition coefficient (Wildman–Crippen LogP) is 4.10. The Morgan fingerprint density at radius 1 is 1.15 bits per heavy atom. The van der Waals surface area contributed by atoms with Gasteiger partial charge in [0.25, 0.3) is 0 Å². The molecule has 2 rings (SSSR count). The fourth-order valence-corrected chi connectivity index (χ4v) is 2.41. The summed E-state index contributed by atoms with van der Waals surface area (Å²) in [6.07, 6.45) is -0.109. The Morgan fingerprint density at radius 2 is 1.85 bits per heavy atom. The van der Waals surface area contributed by atoms with E-state index in [9.17, 15) is 4.79 Å². The van der Waals surface area contributed by atoms with Crippen LogP contribution in [0, 0.1) is 0 Å². The van der Waals surface area contributed by atoms with Crippen LogP contribution in [0.4, 0.5) is 11.4 Å². The quantitative estimate of drug-likeness (QED) is 0.601. The SMILES string of the molecule is COC(CN)CC(=O)Nc1cc(Cl)ccc1NCc1ccccc1.Cl.Cl. The van der Waals surface area contributed by atoms with E-state index in [0.29, 0.717) is 23.8 Å². The lowest BCUT2D eigenvalue weighted by atomic mass is 10.2. The van der Waals surface area contributed by atoms with Crippen molar-refractivity contribution < 1.29 is 9.53 Å². The van der Waals surface area contributed by atoms with Gasteiger partial charge in [0.05, 0.1) is 23.9 Å². The number of anilines is 2. The molecule has 26 heavy (non-hydrogen) atoms. The summed E-state index contributed by atoms with van der Waals surface area (Å²) in [5.41, 5.74) is 8.14. The lowest BCUT2D eigenvalue weighted by Crippen LogP contribution is -2.28. The van der Waals surface area contributed by atoms with Crippen LogP contribution in [-0.4, -0.2) is 25.7 Å². The number of ether oxygens (including phenoxy) is 1. The average Bonchev–Trinajstić information content (AvgIpc) is 2.60. The third-order valence-electron chi connectivity index (χ3n) is 3.59. The highest BCUT2D eigenvalue weighted by molar-refractivity contribution is 6.31. The highest BCUT2D eigenvalue weighted by Crippen LogP contribution is 2.26. The van der Waals surface area contributed by atoms with Gasteiger partial charge in [0.2, 0.25) is 5.91 Å². The molecule has 0 spiro atoms. The minimum Gasteiger partial charge on any atom is -0.380 e. The van der Waals surface area contributed by atoms with E-state index in [0.717, 1.165) is 11.3 Å². The second kappa shape index (κ2) is 12.8. The van der Waals surface area contributed by atoms with Gasteiger partial charge in [0.1, 0.15) is 0 Å².